The van der Waals surface area contributed by atoms with Crippen LogP contribution in [0.4, 0.5) is 5.82 Å². The van der Waals surface area contributed by atoms with Crippen molar-refractivity contribution in [3.05, 3.63) is 11.8 Å². The van der Waals surface area contributed by atoms with E-state index in [9.17, 15) is 14.7 Å². The Morgan fingerprint density at radius 2 is 2.03 bits per heavy atom. The van der Waals surface area contributed by atoms with Gasteiger partial charge in [-0.05, 0) is 39.5 Å². The molecule has 8 heteroatoms. The van der Waals surface area contributed by atoms with Crippen molar-refractivity contribution in [2.45, 2.75) is 77.5 Å². The third-order valence-electron chi connectivity index (χ3n) is 6.23. The maximum Gasteiger partial charge on any atom is 0.323 e. The summed E-state index contributed by atoms with van der Waals surface area (Å²) in [7, 11) is 0. The summed E-state index contributed by atoms with van der Waals surface area (Å²) in [5.74, 6) is 1.73. The first kappa shape index (κ1) is 23.7. The molecule has 0 spiro atoms. The summed E-state index contributed by atoms with van der Waals surface area (Å²) >= 11 is 0. The van der Waals surface area contributed by atoms with Crippen LogP contribution in [0, 0.1) is 11.8 Å². The Morgan fingerprint density at radius 3 is 2.61 bits per heavy atom. The fourth-order valence-electron chi connectivity index (χ4n) is 4.45. The molecule has 174 valence electrons. The molecule has 2 aliphatic rings. The molecule has 8 nitrogen and oxygen atoms in total. The van der Waals surface area contributed by atoms with Gasteiger partial charge in [-0.2, -0.15) is 0 Å². The highest BCUT2D eigenvalue weighted by atomic mass is 16.6. The van der Waals surface area contributed by atoms with Gasteiger partial charge in [-0.1, -0.05) is 19.0 Å². The van der Waals surface area contributed by atoms with Crippen LogP contribution in [0.2, 0.25) is 0 Å². The number of β-amino-alcohol motifs (C(OH)–C–C–N with tert-alkyl or cyclic N) is 1. The van der Waals surface area contributed by atoms with Gasteiger partial charge in [-0.3, -0.25) is 9.69 Å². The molecule has 3 heterocycles. The number of carbonyl (C=O) groups excluding carboxylic acids is 2. The molecule has 0 aliphatic carbocycles. The lowest BCUT2D eigenvalue weighted by Gasteiger charge is -2.30. The summed E-state index contributed by atoms with van der Waals surface area (Å²) in [5.41, 5.74) is -0.565. The minimum absolute atomic E-state index is 0.0315. The zero-order valence-corrected chi connectivity index (χ0v) is 19.4. The maximum atomic E-state index is 12.7. The highest BCUT2D eigenvalue weighted by Crippen LogP contribution is 2.32. The number of likely N-dealkylation sites (tertiary alicyclic amines) is 1. The lowest BCUT2D eigenvalue weighted by atomic mass is 9.92. The largest absolute Gasteiger partial charge is 0.459 e. The molecule has 0 radical (unpaired) electrons. The SMILES string of the molecule is CC(C)[C@@H](CN1C[C@H](O)C[C@H]1C(=O)OC(C)(C)C)c1cc(N2CCC(C=O)CC2)no1. The third-order valence-corrected chi connectivity index (χ3v) is 6.23. The van der Waals surface area contributed by atoms with Crippen LogP contribution in [0.1, 0.15) is 65.6 Å². The van der Waals surface area contributed by atoms with Crippen molar-refractivity contribution in [3.8, 4) is 0 Å². The molecule has 0 bridgehead atoms. The Balaban J connectivity index is 1.70. The van der Waals surface area contributed by atoms with Gasteiger partial charge in [0.2, 0.25) is 0 Å². The van der Waals surface area contributed by atoms with E-state index >= 15 is 0 Å². The van der Waals surface area contributed by atoms with E-state index in [1.165, 1.54) is 0 Å². The van der Waals surface area contributed by atoms with Crippen molar-refractivity contribution in [2.24, 2.45) is 11.8 Å². The Hall–Kier alpha value is -1.93. The number of esters is 1. The molecule has 0 amide bonds. The van der Waals surface area contributed by atoms with Gasteiger partial charge >= 0.3 is 5.97 Å². The summed E-state index contributed by atoms with van der Waals surface area (Å²) in [6, 6.07) is 1.53. The zero-order valence-electron chi connectivity index (χ0n) is 19.4. The lowest BCUT2D eigenvalue weighted by molar-refractivity contribution is -0.160. The molecular weight excluding hydrogens is 398 g/mol. The van der Waals surface area contributed by atoms with Crippen LogP contribution in [-0.4, -0.2) is 71.3 Å². The van der Waals surface area contributed by atoms with Gasteiger partial charge in [0.25, 0.3) is 0 Å². The van der Waals surface area contributed by atoms with Crippen molar-refractivity contribution >= 4 is 18.1 Å². The van der Waals surface area contributed by atoms with E-state index in [0.29, 0.717) is 19.5 Å². The van der Waals surface area contributed by atoms with Gasteiger partial charge < -0.3 is 24.1 Å². The van der Waals surface area contributed by atoms with Gasteiger partial charge in [-0.25, -0.2) is 0 Å². The van der Waals surface area contributed by atoms with Crippen LogP contribution in [0.3, 0.4) is 0 Å². The minimum Gasteiger partial charge on any atom is -0.459 e. The summed E-state index contributed by atoms with van der Waals surface area (Å²) in [6.45, 7) is 12.4. The van der Waals surface area contributed by atoms with Crippen LogP contribution in [0.5, 0.6) is 0 Å². The number of nitrogens with zero attached hydrogens (tertiary/aromatic N) is 3. The first-order valence-electron chi connectivity index (χ1n) is 11.4. The molecule has 31 heavy (non-hydrogen) atoms. The monoisotopic (exact) mass is 435 g/mol. The number of piperidine rings is 1. The number of aliphatic hydroxyl groups is 1. The molecule has 2 aliphatic heterocycles. The Bertz CT molecular complexity index is 749. The fourth-order valence-corrected chi connectivity index (χ4v) is 4.45. The molecule has 3 rings (SSSR count). The van der Waals surface area contributed by atoms with Gasteiger partial charge in [-0.15, -0.1) is 0 Å². The quantitative estimate of drug-likeness (QED) is 0.516. The van der Waals surface area contributed by atoms with E-state index < -0.39 is 17.7 Å². The number of carbonyl (C=O) groups is 2. The summed E-state index contributed by atoms with van der Waals surface area (Å²) in [4.78, 5) is 27.9. The van der Waals surface area contributed by atoms with E-state index in [-0.39, 0.29) is 23.7 Å². The normalized spacial score (nSPS) is 24.5. The van der Waals surface area contributed by atoms with Crippen LogP contribution in [0.25, 0.3) is 0 Å². The molecule has 2 fully saturated rings. The predicted molar refractivity (Wildman–Crippen MR) is 117 cm³/mol. The third kappa shape index (κ3) is 6.07. The average molecular weight is 436 g/mol. The van der Waals surface area contributed by atoms with Gasteiger partial charge in [0, 0.05) is 50.5 Å². The van der Waals surface area contributed by atoms with Gasteiger partial charge in [0.15, 0.2) is 5.82 Å². The lowest BCUT2D eigenvalue weighted by Crippen LogP contribution is -2.42. The van der Waals surface area contributed by atoms with E-state index in [0.717, 1.165) is 43.8 Å². The molecule has 0 saturated carbocycles. The second kappa shape index (κ2) is 9.69. The van der Waals surface area contributed by atoms with Gasteiger partial charge in [0.1, 0.15) is 23.7 Å². The van der Waals surface area contributed by atoms with Crippen molar-refractivity contribution in [3.63, 3.8) is 0 Å². The summed E-state index contributed by atoms with van der Waals surface area (Å²) in [6.07, 6.45) is 2.55. The van der Waals surface area contributed by atoms with Crippen LogP contribution >= 0.6 is 0 Å². The maximum absolute atomic E-state index is 12.7. The Morgan fingerprint density at radius 1 is 1.35 bits per heavy atom. The summed E-state index contributed by atoms with van der Waals surface area (Å²) < 4.78 is 11.3. The molecule has 1 N–H and O–H groups in total. The highest BCUT2D eigenvalue weighted by molar-refractivity contribution is 5.76. The highest BCUT2D eigenvalue weighted by Gasteiger charge is 2.40. The zero-order chi connectivity index (χ0) is 22.8. The van der Waals surface area contributed by atoms with E-state index in [4.69, 9.17) is 9.26 Å². The van der Waals surface area contributed by atoms with E-state index in [2.05, 4.69) is 23.9 Å². The number of hydrogen-bond donors (Lipinski definition) is 1. The molecular formula is C23H37N3O5. The predicted octanol–water partition coefficient (Wildman–Crippen LogP) is 2.61. The van der Waals surface area contributed by atoms with Crippen LogP contribution in [-0.2, 0) is 14.3 Å². The molecule has 2 saturated heterocycles. The van der Waals surface area contributed by atoms with Crippen molar-refractivity contribution in [1.29, 1.82) is 0 Å². The number of aliphatic hydroxyl groups excluding tert-OH is 1. The second-order valence-electron chi connectivity index (χ2n) is 10.3. The molecule has 1 aromatic rings. The van der Waals surface area contributed by atoms with E-state index in [1.807, 2.05) is 31.7 Å². The Kier molecular flexibility index (Phi) is 7.42. The average Bonchev–Trinajstić information content (AvgIpc) is 3.31. The van der Waals surface area contributed by atoms with Gasteiger partial charge in [0.05, 0.1) is 6.10 Å². The number of anilines is 1. The number of hydrogen-bond acceptors (Lipinski definition) is 8. The van der Waals surface area contributed by atoms with E-state index in [1.54, 1.807) is 0 Å². The second-order valence-corrected chi connectivity index (χ2v) is 10.3. The molecule has 0 unspecified atom stereocenters. The number of aldehydes is 1. The standard InChI is InChI=1S/C23H37N3O5/c1-15(2)18(13-26-12-17(28)10-19(26)22(29)30-23(3,4)5)20-11-21(24-31-20)25-8-6-16(14-27)7-9-25/h11,14-19,28H,6-10,12-13H2,1-5H3/t17-,18-,19+/m1/s1. The smallest absolute Gasteiger partial charge is 0.323 e. The molecule has 1 aromatic heterocycles. The molecule has 3 atom stereocenters. The fraction of sp³-hybridized carbons (Fsp3) is 0.783. The number of ether oxygens (including phenoxy) is 1. The van der Waals surface area contributed by atoms with Crippen molar-refractivity contribution in [2.75, 3.05) is 31.1 Å². The first-order chi connectivity index (χ1) is 14.6. The number of aromatic nitrogens is 1. The number of rotatable bonds is 7. The van der Waals surface area contributed by atoms with Crippen LogP contribution < -0.4 is 4.90 Å². The first-order valence-corrected chi connectivity index (χ1v) is 11.4. The minimum atomic E-state index is -0.565. The van der Waals surface area contributed by atoms with Crippen molar-refractivity contribution < 1.29 is 24.0 Å². The van der Waals surface area contributed by atoms with Crippen LogP contribution in [0.15, 0.2) is 10.6 Å². The topological polar surface area (TPSA) is 96.1 Å². The molecule has 0 aromatic carbocycles. The Labute approximate surface area is 184 Å². The van der Waals surface area contributed by atoms with Crippen molar-refractivity contribution in [1.82, 2.24) is 10.1 Å². The summed E-state index contributed by atoms with van der Waals surface area (Å²) in [5, 5.41) is 14.5.